The fraction of sp³-hybridized carbons (Fsp3) is 0.190. The van der Waals surface area contributed by atoms with Gasteiger partial charge in [-0.05, 0) is 29.8 Å². The number of methoxy groups -OCH3 is 1. The van der Waals surface area contributed by atoms with Crippen LogP contribution in [0.4, 0.5) is 0 Å². The molecule has 148 valence electrons. The van der Waals surface area contributed by atoms with Crippen molar-refractivity contribution in [2.45, 2.75) is 12.3 Å². The minimum absolute atomic E-state index is 0.00982. The number of aromatic hydroxyl groups is 1. The molecule has 2 aromatic heterocycles. The minimum Gasteiger partial charge on any atom is -0.493 e. The summed E-state index contributed by atoms with van der Waals surface area (Å²) in [4.78, 5) is 29.4. The van der Waals surface area contributed by atoms with Crippen molar-refractivity contribution < 1.29 is 19.4 Å². The fourth-order valence-corrected chi connectivity index (χ4v) is 3.58. The maximum Gasteiger partial charge on any atom is 0.306 e. The highest BCUT2D eigenvalue weighted by Crippen LogP contribution is 2.36. The zero-order chi connectivity index (χ0) is 20.5. The number of ether oxygens (including phenoxy) is 2. The molecule has 0 radical (unpaired) electrons. The van der Waals surface area contributed by atoms with Crippen LogP contribution in [0, 0.1) is 0 Å². The fourth-order valence-electron chi connectivity index (χ4n) is 3.42. The van der Waals surface area contributed by atoms with E-state index in [-0.39, 0.29) is 24.2 Å². The molecule has 0 bridgehead atoms. The lowest BCUT2D eigenvalue weighted by Crippen LogP contribution is -2.27. The summed E-state index contributed by atoms with van der Waals surface area (Å²) in [6.45, 7) is 0.163. The van der Waals surface area contributed by atoms with Gasteiger partial charge in [0, 0.05) is 17.7 Å². The van der Waals surface area contributed by atoms with Gasteiger partial charge in [0.1, 0.15) is 18.0 Å². The van der Waals surface area contributed by atoms with Gasteiger partial charge in [0.2, 0.25) is 5.88 Å². The number of aromatic nitrogens is 2. The molecule has 3 heterocycles. The van der Waals surface area contributed by atoms with E-state index >= 15 is 0 Å². The molecule has 1 atom stereocenters. The third-order valence-electron chi connectivity index (χ3n) is 4.85. The van der Waals surface area contributed by atoms with Crippen LogP contribution in [0.3, 0.4) is 0 Å². The van der Waals surface area contributed by atoms with E-state index in [4.69, 9.17) is 21.1 Å². The van der Waals surface area contributed by atoms with E-state index in [1.54, 1.807) is 6.07 Å². The number of carbonyl (C=O) groups excluding carboxylic acids is 1. The second kappa shape index (κ2) is 7.60. The Morgan fingerprint density at radius 3 is 2.93 bits per heavy atom. The van der Waals surface area contributed by atoms with Gasteiger partial charge in [0.15, 0.2) is 0 Å². The molecule has 0 aliphatic carbocycles. The second-order valence-electron chi connectivity index (χ2n) is 6.61. The molecule has 0 spiro atoms. The highest BCUT2D eigenvalue weighted by atomic mass is 35.5. The van der Waals surface area contributed by atoms with Gasteiger partial charge in [-0.25, -0.2) is 0 Å². The highest BCUT2D eigenvalue weighted by Gasteiger charge is 2.30. The van der Waals surface area contributed by atoms with E-state index in [0.717, 1.165) is 5.56 Å². The first kappa shape index (κ1) is 19.0. The number of esters is 1. The molecule has 1 aliphatic rings. The van der Waals surface area contributed by atoms with Gasteiger partial charge in [-0.15, -0.1) is 0 Å². The Morgan fingerprint density at radius 1 is 1.34 bits per heavy atom. The first-order chi connectivity index (χ1) is 14.0. The normalized spacial score (nSPS) is 13.9. The SMILES string of the molecule is COC(=O)C[C@H](C1=Cc2ccccc2OC1)c1c(O)nc2ccc(Cl)cn2c1=O. The molecule has 8 heteroatoms. The number of halogens is 1. The summed E-state index contributed by atoms with van der Waals surface area (Å²) in [5.74, 6) is -1.03. The number of para-hydroxylation sites is 1. The number of pyridine rings is 1. The third kappa shape index (κ3) is 3.56. The van der Waals surface area contributed by atoms with Crippen LogP contribution in [0.5, 0.6) is 11.6 Å². The van der Waals surface area contributed by atoms with Gasteiger partial charge in [0.05, 0.1) is 24.1 Å². The maximum absolute atomic E-state index is 13.2. The Bertz CT molecular complexity index is 1200. The van der Waals surface area contributed by atoms with Crippen molar-refractivity contribution in [3.8, 4) is 11.6 Å². The first-order valence-corrected chi connectivity index (χ1v) is 9.25. The molecular formula is C21H17ClN2O5. The molecule has 0 fully saturated rings. The Labute approximate surface area is 170 Å². The van der Waals surface area contributed by atoms with E-state index in [2.05, 4.69) is 4.98 Å². The monoisotopic (exact) mass is 412 g/mol. The third-order valence-corrected chi connectivity index (χ3v) is 5.07. The number of hydrogen-bond acceptors (Lipinski definition) is 6. The highest BCUT2D eigenvalue weighted by molar-refractivity contribution is 6.30. The van der Waals surface area contributed by atoms with Crippen molar-refractivity contribution in [2.75, 3.05) is 13.7 Å². The zero-order valence-corrected chi connectivity index (χ0v) is 16.2. The Balaban J connectivity index is 1.90. The predicted octanol–water partition coefficient (Wildman–Crippen LogP) is 3.18. The van der Waals surface area contributed by atoms with Crippen LogP contribution < -0.4 is 10.3 Å². The molecule has 3 aromatic rings. The molecule has 0 saturated heterocycles. The molecule has 4 rings (SSSR count). The van der Waals surface area contributed by atoms with Crippen molar-refractivity contribution in [3.63, 3.8) is 0 Å². The van der Waals surface area contributed by atoms with Crippen molar-refractivity contribution in [2.24, 2.45) is 0 Å². The van der Waals surface area contributed by atoms with Crippen molar-refractivity contribution in [1.29, 1.82) is 0 Å². The molecule has 0 amide bonds. The molecule has 1 N–H and O–H groups in total. The molecule has 0 unspecified atom stereocenters. The molecule has 1 aromatic carbocycles. The van der Waals surface area contributed by atoms with Gasteiger partial charge in [-0.3, -0.25) is 14.0 Å². The quantitative estimate of drug-likeness (QED) is 0.662. The number of carbonyl (C=O) groups is 1. The van der Waals surface area contributed by atoms with Crippen LogP contribution in [0.25, 0.3) is 11.7 Å². The first-order valence-electron chi connectivity index (χ1n) is 8.88. The van der Waals surface area contributed by atoms with Crippen LogP contribution in [-0.4, -0.2) is 34.2 Å². The molecular weight excluding hydrogens is 396 g/mol. The molecule has 1 aliphatic heterocycles. The predicted molar refractivity (Wildman–Crippen MR) is 107 cm³/mol. The van der Waals surface area contributed by atoms with E-state index in [9.17, 15) is 14.7 Å². The van der Waals surface area contributed by atoms with Crippen molar-refractivity contribution in [3.05, 3.63) is 74.7 Å². The smallest absolute Gasteiger partial charge is 0.306 e. The van der Waals surface area contributed by atoms with Crippen LogP contribution in [-0.2, 0) is 9.53 Å². The van der Waals surface area contributed by atoms with Crippen LogP contribution in [0.15, 0.2) is 53.0 Å². The summed E-state index contributed by atoms with van der Waals surface area (Å²) < 4.78 is 11.8. The molecule has 29 heavy (non-hydrogen) atoms. The summed E-state index contributed by atoms with van der Waals surface area (Å²) >= 11 is 6.02. The number of rotatable bonds is 4. The minimum atomic E-state index is -0.772. The summed E-state index contributed by atoms with van der Waals surface area (Å²) in [5.41, 5.74) is 1.20. The molecule has 0 saturated carbocycles. The maximum atomic E-state index is 13.2. The number of nitrogens with zero attached hydrogens (tertiary/aromatic N) is 2. The lowest BCUT2D eigenvalue weighted by Gasteiger charge is -2.24. The Morgan fingerprint density at radius 2 is 2.14 bits per heavy atom. The van der Waals surface area contributed by atoms with Crippen LogP contribution >= 0.6 is 11.6 Å². The van der Waals surface area contributed by atoms with E-state index < -0.39 is 23.3 Å². The van der Waals surface area contributed by atoms with Gasteiger partial charge in [-0.2, -0.15) is 4.98 Å². The number of hydrogen-bond donors (Lipinski definition) is 1. The van der Waals surface area contributed by atoms with Gasteiger partial charge >= 0.3 is 5.97 Å². The summed E-state index contributed by atoms with van der Waals surface area (Å²) in [5, 5.41) is 10.9. The summed E-state index contributed by atoms with van der Waals surface area (Å²) in [7, 11) is 1.27. The van der Waals surface area contributed by atoms with Gasteiger partial charge in [-0.1, -0.05) is 29.8 Å². The van der Waals surface area contributed by atoms with Crippen LogP contribution in [0.2, 0.25) is 5.02 Å². The zero-order valence-electron chi connectivity index (χ0n) is 15.5. The largest absolute Gasteiger partial charge is 0.493 e. The standard InChI is InChI=1S/C21H17ClN2O5/c1-28-18(25)9-15(13-8-12-4-2-3-5-16(12)29-11-13)19-20(26)23-17-7-6-14(22)10-24(17)21(19)27/h2-8,10,15,26H,9,11H2,1H3/t15-/m1/s1. The van der Waals surface area contributed by atoms with Crippen LogP contribution in [0.1, 0.15) is 23.5 Å². The van der Waals surface area contributed by atoms with Crippen molar-refractivity contribution >= 4 is 29.3 Å². The van der Waals surface area contributed by atoms with Gasteiger partial charge in [0.25, 0.3) is 5.56 Å². The summed E-state index contributed by atoms with van der Waals surface area (Å²) in [6, 6.07) is 10.5. The van der Waals surface area contributed by atoms with Gasteiger partial charge < -0.3 is 14.6 Å². The van der Waals surface area contributed by atoms with E-state index in [1.165, 1.54) is 23.8 Å². The number of fused-ring (bicyclic) bond motifs is 2. The average molecular weight is 413 g/mol. The van der Waals surface area contributed by atoms with Crippen molar-refractivity contribution in [1.82, 2.24) is 9.38 Å². The Hall–Kier alpha value is -3.32. The number of benzene rings is 1. The summed E-state index contributed by atoms with van der Waals surface area (Å²) in [6.07, 6.45) is 3.13. The topological polar surface area (TPSA) is 90.1 Å². The average Bonchev–Trinajstić information content (AvgIpc) is 2.73. The molecule has 7 nitrogen and oxygen atoms in total. The van der Waals surface area contributed by atoms with E-state index in [0.29, 0.717) is 16.3 Å². The lowest BCUT2D eigenvalue weighted by atomic mass is 9.87. The lowest BCUT2D eigenvalue weighted by molar-refractivity contribution is -0.140. The van der Waals surface area contributed by atoms with E-state index in [1.807, 2.05) is 30.3 Å². The second-order valence-corrected chi connectivity index (χ2v) is 7.04. The Kier molecular flexibility index (Phi) is 4.98.